The summed E-state index contributed by atoms with van der Waals surface area (Å²) in [5.74, 6) is 2.00. The molecule has 1 N–H and O–H groups in total. The molecule has 4 heteroatoms. The molecule has 1 atom stereocenters. The molecule has 0 saturated carbocycles. The van der Waals surface area contributed by atoms with Crippen molar-refractivity contribution in [3.63, 3.8) is 0 Å². The Hall–Kier alpha value is -0.920. The maximum absolute atomic E-state index is 9.30. The van der Waals surface area contributed by atoms with Gasteiger partial charge in [-0.2, -0.15) is 5.26 Å². The van der Waals surface area contributed by atoms with Gasteiger partial charge in [-0.25, -0.2) is 0 Å². The number of thioether (sulfide) groups is 1. The van der Waals surface area contributed by atoms with Gasteiger partial charge in [-0.05, 0) is 44.6 Å². The number of nitriles is 1. The van der Waals surface area contributed by atoms with E-state index in [-0.39, 0.29) is 5.54 Å². The van der Waals surface area contributed by atoms with Crippen LogP contribution in [0.2, 0.25) is 0 Å². The lowest BCUT2D eigenvalue weighted by Gasteiger charge is -2.25. The highest BCUT2D eigenvalue weighted by atomic mass is 32.2. The highest BCUT2D eigenvalue weighted by Gasteiger charge is 2.25. The van der Waals surface area contributed by atoms with Crippen molar-refractivity contribution in [3.8, 4) is 6.07 Å². The second-order valence-electron chi connectivity index (χ2n) is 4.37. The molecule has 1 rings (SSSR count). The number of furan rings is 1. The number of nitrogens with zero attached hydrogens (tertiary/aromatic N) is 1. The molecule has 1 aromatic heterocycles. The highest BCUT2D eigenvalue weighted by molar-refractivity contribution is 7.99. The Morgan fingerprint density at radius 2 is 2.28 bits per heavy atom. The number of nitrogens with one attached hydrogen (secondary N) is 1. The van der Waals surface area contributed by atoms with Crippen molar-refractivity contribution >= 4 is 11.8 Å². The van der Waals surface area contributed by atoms with Crippen LogP contribution >= 0.6 is 11.8 Å². The summed E-state index contributed by atoms with van der Waals surface area (Å²) in [5, 5.41) is 12.6. The third-order valence-corrected chi connectivity index (χ3v) is 4.38. The van der Waals surface area contributed by atoms with Crippen LogP contribution < -0.4 is 5.32 Å². The molecule has 1 unspecified atom stereocenters. The molecule has 0 aliphatic carbocycles. The van der Waals surface area contributed by atoms with Gasteiger partial charge >= 0.3 is 0 Å². The molecule has 0 amide bonds. The van der Waals surface area contributed by atoms with Gasteiger partial charge in [-0.3, -0.25) is 5.32 Å². The van der Waals surface area contributed by atoms with Crippen LogP contribution in [0, 0.1) is 18.3 Å². The SMILES string of the molecule is CCNC(C#N)(CC)CCCSc1ccoc1C. The molecule has 18 heavy (non-hydrogen) atoms. The van der Waals surface area contributed by atoms with Gasteiger partial charge in [0, 0.05) is 4.90 Å². The predicted octanol–water partition coefficient (Wildman–Crippen LogP) is 3.74. The lowest BCUT2D eigenvalue weighted by Crippen LogP contribution is -2.43. The molecule has 0 aliphatic rings. The van der Waals surface area contributed by atoms with E-state index >= 15 is 0 Å². The summed E-state index contributed by atoms with van der Waals surface area (Å²) in [6.07, 6.45) is 4.51. The number of hydrogen-bond acceptors (Lipinski definition) is 4. The Morgan fingerprint density at radius 1 is 1.50 bits per heavy atom. The minimum atomic E-state index is -0.346. The van der Waals surface area contributed by atoms with Gasteiger partial charge in [-0.15, -0.1) is 11.8 Å². The Bertz CT molecular complexity index is 397. The van der Waals surface area contributed by atoms with Crippen molar-refractivity contribution in [3.05, 3.63) is 18.1 Å². The van der Waals surface area contributed by atoms with Gasteiger partial charge < -0.3 is 4.42 Å². The molecule has 100 valence electrons. The minimum Gasteiger partial charge on any atom is -0.468 e. The first kappa shape index (κ1) is 15.1. The Balaban J connectivity index is 2.36. The predicted molar refractivity (Wildman–Crippen MR) is 75.7 cm³/mol. The van der Waals surface area contributed by atoms with Crippen LogP contribution in [0.4, 0.5) is 0 Å². The fourth-order valence-corrected chi connectivity index (χ4v) is 2.89. The normalized spacial score (nSPS) is 14.1. The summed E-state index contributed by atoms with van der Waals surface area (Å²) in [4.78, 5) is 1.21. The summed E-state index contributed by atoms with van der Waals surface area (Å²) in [7, 11) is 0. The molecular weight excluding hydrogens is 244 g/mol. The summed E-state index contributed by atoms with van der Waals surface area (Å²) in [6, 6.07) is 4.43. The van der Waals surface area contributed by atoms with Crippen molar-refractivity contribution in [2.75, 3.05) is 12.3 Å². The fourth-order valence-electron chi connectivity index (χ4n) is 1.98. The van der Waals surface area contributed by atoms with E-state index in [0.717, 1.165) is 37.3 Å². The van der Waals surface area contributed by atoms with Crippen molar-refractivity contribution in [1.82, 2.24) is 5.32 Å². The largest absolute Gasteiger partial charge is 0.468 e. The quantitative estimate of drug-likeness (QED) is 0.575. The van der Waals surface area contributed by atoms with Crippen molar-refractivity contribution in [1.29, 1.82) is 5.26 Å². The van der Waals surface area contributed by atoms with E-state index < -0.39 is 0 Å². The van der Waals surface area contributed by atoms with Gasteiger partial charge in [0.25, 0.3) is 0 Å². The molecule has 0 aliphatic heterocycles. The molecule has 0 radical (unpaired) electrons. The first-order valence-electron chi connectivity index (χ1n) is 6.50. The lowest BCUT2D eigenvalue weighted by molar-refractivity contribution is 0.379. The van der Waals surface area contributed by atoms with Gasteiger partial charge in [0.15, 0.2) is 0 Å². The summed E-state index contributed by atoms with van der Waals surface area (Å²) in [6.45, 7) is 6.94. The van der Waals surface area contributed by atoms with Gasteiger partial charge in [-0.1, -0.05) is 13.8 Å². The molecule has 0 aromatic carbocycles. The third-order valence-electron chi connectivity index (χ3n) is 3.15. The smallest absolute Gasteiger partial charge is 0.114 e. The zero-order chi connectivity index (χ0) is 13.4. The monoisotopic (exact) mass is 266 g/mol. The molecular formula is C14H22N2OS. The van der Waals surface area contributed by atoms with E-state index in [2.05, 4.69) is 18.3 Å². The second kappa shape index (κ2) is 7.50. The Morgan fingerprint density at radius 3 is 2.78 bits per heavy atom. The number of hydrogen-bond donors (Lipinski definition) is 1. The van der Waals surface area contributed by atoms with E-state index in [9.17, 15) is 5.26 Å². The van der Waals surface area contributed by atoms with Crippen LogP contribution in [0.25, 0.3) is 0 Å². The van der Waals surface area contributed by atoms with Crippen LogP contribution in [0.3, 0.4) is 0 Å². The van der Waals surface area contributed by atoms with Crippen LogP contribution in [0.1, 0.15) is 38.9 Å². The minimum absolute atomic E-state index is 0.346. The molecule has 1 heterocycles. The summed E-state index contributed by atoms with van der Waals surface area (Å²) >= 11 is 1.80. The molecule has 0 fully saturated rings. The van der Waals surface area contributed by atoms with Crippen LogP contribution in [0.15, 0.2) is 21.6 Å². The molecule has 3 nitrogen and oxygen atoms in total. The maximum Gasteiger partial charge on any atom is 0.114 e. The number of aryl methyl sites for hydroxylation is 1. The second-order valence-corrected chi connectivity index (χ2v) is 5.51. The summed E-state index contributed by atoms with van der Waals surface area (Å²) < 4.78 is 5.26. The van der Waals surface area contributed by atoms with E-state index in [1.165, 1.54) is 4.90 Å². The molecule has 0 bridgehead atoms. The zero-order valence-corrected chi connectivity index (χ0v) is 12.3. The standard InChI is InChI=1S/C14H22N2OS/c1-4-14(11-15,16-5-2)8-6-10-18-13-7-9-17-12(13)3/h7,9,16H,4-6,8,10H2,1-3H3. The molecule has 0 saturated heterocycles. The van der Waals surface area contributed by atoms with Crippen molar-refractivity contribution < 1.29 is 4.42 Å². The van der Waals surface area contributed by atoms with Crippen LogP contribution in [-0.2, 0) is 0 Å². The van der Waals surface area contributed by atoms with E-state index in [1.807, 2.05) is 19.9 Å². The molecule has 0 spiro atoms. The van der Waals surface area contributed by atoms with Gasteiger partial charge in [0.1, 0.15) is 11.3 Å². The van der Waals surface area contributed by atoms with E-state index in [0.29, 0.717) is 0 Å². The van der Waals surface area contributed by atoms with Crippen LogP contribution in [0.5, 0.6) is 0 Å². The van der Waals surface area contributed by atoms with E-state index in [4.69, 9.17) is 4.42 Å². The fraction of sp³-hybridized carbons (Fsp3) is 0.643. The number of rotatable bonds is 8. The van der Waals surface area contributed by atoms with E-state index in [1.54, 1.807) is 18.0 Å². The molecule has 1 aromatic rings. The van der Waals surface area contributed by atoms with Gasteiger partial charge in [0.05, 0.1) is 12.3 Å². The topological polar surface area (TPSA) is 49.0 Å². The van der Waals surface area contributed by atoms with Crippen LogP contribution in [-0.4, -0.2) is 17.8 Å². The van der Waals surface area contributed by atoms with Crippen molar-refractivity contribution in [2.45, 2.75) is 50.5 Å². The van der Waals surface area contributed by atoms with Crippen molar-refractivity contribution in [2.24, 2.45) is 0 Å². The average molecular weight is 266 g/mol. The summed E-state index contributed by atoms with van der Waals surface area (Å²) in [5.41, 5.74) is -0.346. The zero-order valence-electron chi connectivity index (χ0n) is 11.5. The first-order chi connectivity index (χ1) is 8.67. The Labute approximate surface area is 114 Å². The maximum atomic E-state index is 9.30. The third kappa shape index (κ3) is 4.08. The van der Waals surface area contributed by atoms with Gasteiger partial charge in [0.2, 0.25) is 0 Å². The lowest BCUT2D eigenvalue weighted by atomic mass is 9.92. The first-order valence-corrected chi connectivity index (χ1v) is 7.49. The Kier molecular flexibility index (Phi) is 6.31. The average Bonchev–Trinajstić information content (AvgIpc) is 2.79. The highest BCUT2D eigenvalue weighted by Crippen LogP contribution is 2.25.